The minimum atomic E-state index is 0.300. The smallest absolute Gasteiger partial charge is 0.118 e. The number of hydrogen-bond donors (Lipinski definition) is 1. The van der Waals surface area contributed by atoms with Gasteiger partial charge in [-0.2, -0.15) is 0 Å². The zero-order chi connectivity index (χ0) is 30.5. The van der Waals surface area contributed by atoms with Gasteiger partial charge in [-0.1, -0.05) is 51.2 Å². The van der Waals surface area contributed by atoms with E-state index in [1.165, 1.54) is 16.8 Å². The van der Waals surface area contributed by atoms with E-state index < -0.39 is 0 Å². The van der Waals surface area contributed by atoms with Crippen LogP contribution in [-0.4, -0.2) is 29.8 Å². The Bertz CT molecular complexity index is 1350. The summed E-state index contributed by atoms with van der Waals surface area (Å²) in [6.45, 7) is 22.7. The molecule has 0 aliphatic rings. The van der Waals surface area contributed by atoms with Gasteiger partial charge in [-0.25, -0.2) is 4.98 Å². The van der Waals surface area contributed by atoms with Crippen LogP contribution in [0.25, 0.3) is 16.6 Å². The molecule has 0 aliphatic heterocycles. The van der Waals surface area contributed by atoms with E-state index in [4.69, 9.17) is 14.5 Å². The molecule has 0 radical (unpaired) electrons. The zero-order valence-corrected chi connectivity index (χ0v) is 27.4. The molecule has 2 aromatic heterocycles. The molecule has 2 rings (SSSR count). The van der Waals surface area contributed by atoms with Crippen molar-refractivity contribution >= 4 is 22.3 Å². The Labute approximate surface area is 249 Å². The van der Waals surface area contributed by atoms with E-state index in [2.05, 4.69) is 107 Å². The lowest BCUT2D eigenvalue weighted by molar-refractivity contribution is 0.233. The number of nitrogens with zero attached hydrogens (tertiary/aromatic N) is 2. The van der Waals surface area contributed by atoms with Gasteiger partial charge in [0.1, 0.15) is 11.5 Å². The first-order valence-electron chi connectivity index (χ1n) is 15.2. The first-order chi connectivity index (χ1) is 19.7. The Balaban J connectivity index is 2.85. The number of hydrogen-bond acceptors (Lipinski definition) is 4. The Kier molecular flexibility index (Phi) is 13.8. The van der Waals surface area contributed by atoms with Crippen LogP contribution in [0.5, 0.6) is 0 Å². The predicted octanol–water partition coefficient (Wildman–Crippen LogP) is 10.0. The summed E-state index contributed by atoms with van der Waals surface area (Å²) in [6.07, 6.45) is 17.7. The molecule has 41 heavy (non-hydrogen) atoms. The van der Waals surface area contributed by atoms with Crippen molar-refractivity contribution in [3.05, 3.63) is 88.2 Å². The van der Waals surface area contributed by atoms with Gasteiger partial charge in [0.25, 0.3) is 0 Å². The summed E-state index contributed by atoms with van der Waals surface area (Å²) in [6, 6.07) is 2.48. The second-order valence-corrected chi connectivity index (χ2v) is 10.5. The van der Waals surface area contributed by atoms with Crippen LogP contribution in [0, 0.1) is 6.92 Å². The van der Waals surface area contributed by atoms with Crippen molar-refractivity contribution in [3.63, 3.8) is 0 Å². The molecule has 0 bridgehead atoms. The van der Waals surface area contributed by atoms with E-state index in [-0.39, 0.29) is 0 Å². The number of rotatable bonds is 15. The van der Waals surface area contributed by atoms with Gasteiger partial charge in [0.05, 0.1) is 36.1 Å². The second-order valence-electron chi connectivity index (χ2n) is 10.5. The second kappa shape index (κ2) is 16.7. The standard InChI is InChI=1S/C36H53N3O2/c1-12-17-18-19-21-30(28(10)41-16-5)31-23-32(36-35(38-31)27(9)33(15-4)39(36)25(6)7)37-24-29(20-13-2)22-34(40-11)26(8)14-3/h13,17-23,25H,12,14-16,24H2,1-11H3,(H,37,38)/b18-17+,20-13-,21-19-,29-22+,30-28-,34-26+. The number of aryl methyl sites for hydroxylation is 1. The van der Waals surface area contributed by atoms with Crippen LogP contribution in [0.4, 0.5) is 5.69 Å². The predicted molar refractivity (Wildman–Crippen MR) is 178 cm³/mol. The fourth-order valence-corrected chi connectivity index (χ4v) is 5.09. The lowest BCUT2D eigenvalue weighted by Crippen LogP contribution is -2.10. The quantitative estimate of drug-likeness (QED) is 0.174. The minimum Gasteiger partial charge on any atom is -0.498 e. The van der Waals surface area contributed by atoms with Crippen LogP contribution in [0.2, 0.25) is 0 Å². The number of ether oxygens (including phenoxy) is 2. The van der Waals surface area contributed by atoms with Crippen molar-refractivity contribution in [2.45, 2.75) is 94.5 Å². The van der Waals surface area contributed by atoms with E-state index in [9.17, 15) is 0 Å². The van der Waals surface area contributed by atoms with Gasteiger partial charge in [-0.05, 0) is 103 Å². The van der Waals surface area contributed by atoms with Gasteiger partial charge < -0.3 is 19.4 Å². The Morgan fingerprint density at radius 3 is 2.39 bits per heavy atom. The highest BCUT2D eigenvalue weighted by Gasteiger charge is 2.21. The molecule has 0 saturated carbocycles. The third kappa shape index (κ3) is 8.51. The third-order valence-corrected chi connectivity index (χ3v) is 7.28. The summed E-state index contributed by atoms with van der Waals surface area (Å²) in [5, 5.41) is 3.80. The summed E-state index contributed by atoms with van der Waals surface area (Å²) in [5.74, 6) is 1.78. The molecular formula is C36H53N3O2. The van der Waals surface area contributed by atoms with Crippen LogP contribution in [-0.2, 0) is 15.9 Å². The van der Waals surface area contributed by atoms with Crippen LogP contribution >= 0.6 is 0 Å². The topological polar surface area (TPSA) is 48.3 Å². The summed E-state index contributed by atoms with van der Waals surface area (Å²) >= 11 is 0. The minimum absolute atomic E-state index is 0.300. The van der Waals surface area contributed by atoms with Gasteiger partial charge in [-0.15, -0.1) is 0 Å². The molecule has 0 aromatic carbocycles. The third-order valence-electron chi connectivity index (χ3n) is 7.28. The number of anilines is 1. The molecule has 0 atom stereocenters. The molecule has 0 unspecified atom stereocenters. The fraction of sp³-hybridized carbons (Fsp3) is 0.472. The summed E-state index contributed by atoms with van der Waals surface area (Å²) < 4.78 is 14.2. The van der Waals surface area contributed by atoms with Gasteiger partial charge in [-0.3, -0.25) is 0 Å². The molecule has 5 nitrogen and oxygen atoms in total. The van der Waals surface area contributed by atoms with E-state index in [1.54, 1.807) is 7.11 Å². The number of pyridine rings is 1. The Morgan fingerprint density at radius 2 is 1.83 bits per heavy atom. The summed E-state index contributed by atoms with van der Waals surface area (Å²) in [4.78, 5) is 5.28. The van der Waals surface area contributed by atoms with Gasteiger partial charge in [0.2, 0.25) is 0 Å². The molecule has 224 valence electrons. The normalized spacial score (nSPS) is 14.1. The monoisotopic (exact) mass is 559 g/mol. The molecule has 0 amide bonds. The van der Waals surface area contributed by atoms with E-state index >= 15 is 0 Å². The van der Waals surface area contributed by atoms with Gasteiger partial charge in [0, 0.05) is 23.9 Å². The highest BCUT2D eigenvalue weighted by Crippen LogP contribution is 2.36. The maximum Gasteiger partial charge on any atom is 0.118 e. The van der Waals surface area contributed by atoms with Crippen LogP contribution in [0.15, 0.2) is 71.3 Å². The van der Waals surface area contributed by atoms with Crippen molar-refractivity contribution in [1.29, 1.82) is 0 Å². The molecule has 0 fully saturated rings. The van der Waals surface area contributed by atoms with Crippen molar-refractivity contribution in [2.75, 3.05) is 25.6 Å². The van der Waals surface area contributed by atoms with Gasteiger partial charge in [0.15, 0.2) is 0 Å². The Morgan fingerprint density at radius 1 is 1.10 bits per heavy atom. The number of aromatic nitrogens is 2. The van der Waals surface area contributed by atoms with Crippen molar-refractivity contribution in [1.82, 2.24) is 9.55 Å². The molecular weight excluding hydrogens is 506 g/mol. The number of allylic oxidation sites excluding steroid dienone is 9. The highest BCUT2D eigenvalue weighted by atomic mass is 16.5. The van der Waals surface area contributed by atoms with E-state index in [0.29, 0.717) is 19.2 Å². The molecule has 1 N–H and O–H groups in total. The molecule has 0 saturated heterocycles. The fourth-order valence-electron chi connectivity index (χ4n) is 5.09. The summed E-state index contributed by atoms with van der Waals surface area (Å²) in [5.41, 5.74) is 10.1. The largest absolute Gasteiger partial charge is 0.498 e. The maximum atomic E-state index is 6.01. The lowest BCUT2D eigenvalue weighted by Gasteiger charge is -2.18. The molecule has 5 heteroatoms. The van der Waals surface area contributed by atoms with Crippen molar-refractivity contribution < 1.29 is 9.47 Å². The molecule has 0 aliphatic carbocycles. The average molecular weight is 560 g/mol. The van der Waals surface area contributed by atoms with Crippen molar-refractivity contribution in [3.8, 4) is 0 Å². The molecule has 0 spiro atoms. The van der Waals surface area contributed by atoms with Crippen LogP contribution < -0.4 is 5.32 Å². The number of methoxy groups -OCH3 is 1. The van der Waals surface area contributed by atoms with Crippen molar-refractivity contribution in [2.24, 2.45) is 0 Å². The Hall–Kier alpha value is -3.47. The van der Waals surface area contributed by atoms with Gasteiger partial charge >= 0.3 is 0 Å². The number of nitrogens with one attached hydrogen (secondary N) is 1. The van der Waals surface area contributed by atoms with Crippen LogP contribution in [0.3, 0.4) is 0 Å². The molecule has 2 heterocycles. The molecule has 2 aromatic rings. The summed E-state index contributed by atoms with van der Waals surface area (Å²) in [7, 11) is 1.74. The SMILES string of the molecule is C\C=C/C(=C\C(OC)=C(\C)CC)CNc1cc(C(/C=C\C=C\CC)=C(/C)OCC)nc2c(C)c(CC)n(C(C)C)c12. The number of fused-ring (bicyclic) bond motifs is 1. The van der Waals surface area contributed by atoms with Crippen LogP contribution in [0.1, 0.15) is 98.1 Å². The first-order valence-corrected chi connectivity index (χ1v) is 15.2. The maximum absolute atomic E-state index is 6.01. The lowest BCUT2D eigenvalue weighted by atomic mass is 10.1. The first kappa shape index (κ1) is 33.7. The van der Waals surface area contributed by atoms with E-state index in [0.717, 1.165) is 64.3 Å². The highest BCUT2D eigenvalue weighted by molar-refractivity contribution is 5.95. The zero-order valence-electron chi connectivity index (χ0n) is 27.4. The average Bonchev–Trinajstić information content (AvgIpc) is 3.25. The van der Waals surface area contributed by atoms with E-state index in [1.807, 2.05) is 20.8 Å².